The van der Waals surface area contributed by atoms with E-state index in [-0.39, 0.29) is 0 Å². The van der Waals surface area contributed by atoms with Gasteiger partial charge in [0, 0.05) is 0 Å². The van der Waals surface area contributed by atoms with Gasteiger partial charge in [-0.25, -0.2) is 0 Å². The summed E-state index contributed by atoms with van der Waals surface area (Å²) >= 11 is 0. The van der Waals surface area contributed by atoms with Crippen molar-refractivity contribution < 1.29 is 9.59 Å². The van der Waals surface area contributed by atoms with E-state index in [1.165, 1.54) is 0 Å². The van der Waals surface area contributed by atoms with Gasteiger partial charge in [-0.15, -0.1) is 15.3 Å². The van der Waals surface area contributed by atoms with Crippen LogP contribution >= 0.6 is 0 Å². The topological polar surface area (TPSA) is 83.6 Å². The van der Waals surface area contributed by atoms with Gasteiger partial charge in [0.1, 0.15) is 6.04 Å². The number of rotatable bonds is 4. The Labute approximate surface area is 86.9 Å². The minimum Gasteiger partial charge on any atom is -0.288 e. The third-order valence-electron chi connectivity index (χ3n) is 2.54. The molecule has 6 nitrogen and oxygen atoms in total. The van der Waals surface area contributed by atoms with Gasteiger partial charge in [0.25, 0.3) is 5.78 Å². The van der Waals surface area contributed by atoms with Gasteiger partial charge in [-0.3, -0.25) is 9.59 Å². The minimum atomic E-state index is -1.45. The van der Waals surface area contributed by atoms with Gasteiger partial charge >= 0.3 is 5.79 Å². The van der Waals surface area contributed by atoms with E-state index in [9.17, 15) is 9.59 Å². The molecule has 1 spiro atoms. The number of unbranched alkanes of at least 4 members (excludes halogenated alkanes) is 2. The standard InChI is InChI=1S/C9H12N4O2/c1-2-3-4-5-6-7(14)8(15)9(11-10-6)12-13-9/h6H,2-5H2,1H3. The highest BCUT2D eigenvalue weighted by Gasteiger charge is 2.56. The number of carbonyl (C=O) groups excluding carboxylic acids is 2. The van der Waals surface area contributed by atoms with E-state index in [2.05, 4.69) is 27.4 Å². The SMILES string of the molecule is CCCCCC1N=NC2(N=N2)C(=O)C1=O. The summed E-state index contributed by atoms with van der Waals surface area (Å²) in [6.45, 7) is 2.08. The molecule has 0 aromatic carbocycles. The number of carbonyl (C=O) groups is 2. The molecule has 0 N–H and O–H groups in total. The van der Waals surface area contributed by atoms with Crippen LogP contribution in [0.5, 0.6) is 0 Å². The maximum absolute atomic E-state index is 11.6. The highest BCUT2D eigenvalue weighted by Crippen LogP contribution is 2.35. The van der Waals surface area contributed by atoms with Crippen molar-refractivity contribution in [1.82, 2.24) is 0 Å². The fourth-order valence-corrected chi connectivity index (χ4v) is 1.52. The molecule has 1 unspecified atom stereocenters. The Bertz CT molecular complexity index is 355. The quantitative estimate of drug-likeness (QED) is 0.519. The lowest BCUT2D eigenvalue weighted by Crippen LogP contribution is -2.40. The van der Waals surface area contributed by atoms with Crippen LogP contribution in [0.25, 0.3) is 0 Å². The number of ketones is 2. The molecule has 2 heterocycles. The molecule has 2 aliphatic rings. The van der Waals surface area contributed by atoms with Crippen molar-refractivity contribution in [2.75, 3.05) is 0 Å². The number of hydrogen-bond donors (Lipinski definition) is 0. The smallest absolute Gasteiger partial charge is 0.288 e. The lowest BCUT2D eigenvalue weighted by molar-refractivity contribution is -0.140. The van der Waals surface area contributed by atoms with Gasteiger partial charge < -0.3 is 0 Å². The second-order valence-electron chi connectivity index (χ2n) is 3.76. The maximum atomic E-state index is 11.6. The Morgan fingerprint density at radius 3 is 2.53 bits per heavy atom. The average molecular weight is 208 g/mol. The van der Waals surface area contributed by atoms with Gasteiger partial charge in [0.05, 0.1) is 0 Å². The molecule has 0 amide bonds. The average Bonchev–Trinajstić information content (AvgIpc) is 3.00. The molecule has 80 valence electrons. The van der Waals surface area contributed by atoms with E-state index in [0.717, 1.165) is 19.3 Å². The summed E-state index contributed by atoms with van der Waals surface area (Å²) in [6, 6.07) is -0.597. The van der Waals surface area contributed by atoms with Crippen LogP contribution in [-0.2, 0) is 9.59 Å². The normalized spacial score (nSPS) is 26.3. The molecule has 0 fully saturated rings. The predicted octanol–water partition coefficient (Wildman–Crippen LogP) is 1.66. The summed E-state index contributed by atoms with van der Waals surface area (Å²) in [7, 11) is 0. The van der Waals surface area contributed by atoms with Gasteiger partial charge in [-0.2, -0.15) is 5.11 Å². The molecule has 0 saturated carbocycles. The number of azo groups is 1. The van der Waals surface area contributed by atoms with Gasteiger partial charge in [-0.1, -0.05) is 26.2 Å². The molecule has 0 saturated heterocycles. The van der Waals surface area contributed by atoms with Gasteiger partial charge in [0.15, 0.2) is 0 Å². The molecule has 2 rings (SSSR count). The van der Waals surface area contributed by atoms with Crippen molar-refractivity contribution in [1.29, 1.82) is 0 Å². The van der Waals surface area contributed by atoms with E-state index >= 15 is 0 Å². The van der Waals surface area contributed by atoms with Crippen LogP contribution in [0.2, 0.25) is 0 Å². The van der Waals surface area contributed by atoms with Crippen molar-refractivity contribution in [3.63, 3.8) is 0 Å². The Kier molecular flexibility index (Phi) is 2.42. The first-order valence-electron chi connectivity index (χ1n) is 5.14. The van der Waals surface area contributed by atoms with E-state index in [4.69, 9.17) is 0 Å². The summed E-state index contributed by atoms with van der Waals surface area (Å²) in [6.07, 6.45) is 3.59. The second kappa shape index (κ2) is 3.60. The van der Waals surface area contributed by atoms with Crippen LogP contribution in [0.15, 0.2) is 20.5 Å². The van der Waals surface area contributed by atoms with Crippen molar-refractivity contribution in [2.45, 2.75) is 44.4 Å². The Balaban J connectivity index is 1.97. The molecule has 0 aromatic heterocycles. The second-order valence-corrected chi connectivity index (χ2v) is 3.76. The molecule has 2 aliphatic heterocycles. The molecule has 0 aliphatic carbocycles. The lowest BCUT2D eigenvalue weighted by Gasteiger charge is -2.14. The molecule has 0 radical (unpaired) electrons. The lowest BCUT2D eigenvalue weighted by atomic mass is 9.99. The van der Waals surface area contributed by atoms with Crippen LogP contribution in [0.1, 0.15) is 32.6 Å². The molecule has 6 heteroatoms. The molecular weight excluding hydrogens is 196 g/mol. The number of nitrogens with zero attached hydrogens (tertiary/aromatic N) is 4. The molecule has 1 atom stereocenters. The first kappa shape index (κ1) is 10.1. The predicted molar refractivity (Wildman–Crippen MR) is 50.4 cm³/mol. The maximum Gasteiger partial charge on any atom is 0.365 e. The summed E-state index contributed by atoms with van der Waals surface area (Å²) in [4.78, 5) is 23.0. The zero-order valence-corrected chi connectivity index (χ0v) is 8.51. The molecule has 15 heavy (non-hydrogen) atoms. The van der Waals surface area contributed by atoms with Crippen LogP contribution in [-0.4, -0.2) is 23.4 Å². The van der Waals surface area contributed by atoms with Crippen molar-refractivity contribution in [3.8, 4) is 0 Å². The molecular formula is C9H12N4O2. The third kappa shape index (κ3) is 1.71. The summed E-state index contributed by atoms with van der Waals surface area (Å²) in [5.74, 6) is -2.57. The van der Waals surface area contributed by atoms with Crippen LogP contribution in [0.3, 0.4) is 0 Å². The van der Waals surface area contributed by atoms with E-state index in [0.29, 0.717) is 6.42 Å². The summed E-state index contributed by atoms with van der Waals surface area (Å²) in [5.41, 5.74) is 0. The number of Topliss-reactive ketones (excluding diaryl/α,β-unsaturated/α-hetero) is 2. The van der Waals surface area contributed by atoms with Crippen LogP contribution in [0, 0.1) is 0 Å². The molecule has 0 bridgehead atoms. The molecule has 0 aromatic rings. The van der Waals surface area contributed by atoms with Gasteiger partial charge in [0.2, 0.25) is 5.78 Å². The number of hydrogen-bond acceptors (Lipinski definition) is 6. The fraction of sp³-hybridized carbons (Fsp3) is 0.778. The minimum absolute atomic E-state index is 0.494. The first-order valence-corrected chi connectivity index (χ1v) is 5.14. The highest BCUT2D eigenvalue weighted by molar-refractivity contribution is 6.43. The van der Waals surface area contributed by atoms with Crippen molar-refractivity contribution in [2.24, 2.45) is 20.5 Å². The zero-order valence-electron chi connectivity index (χ0n) is 8.51. The van der Waals surface area contributed by atoms with Gasteiger partial charge in [-0.05, 0) is 6.42 Å². The van der Waals surface area contributed by atoms with Crippen molar-refractivity contribution >= 4 is 11.6 Å². The first-order chi connectivity index (χ1) is 7.19. The highest BCUT2D eigenvalue weighted by atomic mass is 16.2. The summed E-state index contributed by atoms with van der Waals surface area (Å²) < 4.78 is 0. The Morgan fingerprint density at radius 2 is 1.93 bits per heavy atom. The third-order valence-corrected chi connectivity index (χ3v) is 2.54. The Morgan fingerprint density at radius 1 is 1.20 bits per heavy atom. The zero-order chi connectivity index (χ0) is 10.9. The van der Waals surface area contributed by atoms with E-state index in [1.54, 1.807) is 0 Å². The van der Waals surface area contributed by atoms with E-state index in [1.807, 2.05) is 0 Å². The summed E-state index contributed by atoms with van der Waals surface area (Å²) in [5, 5.41) is 14.4. The Hall–Kier alpha value is -1.46. The fourth-order valence-electron chi connectivity index (χ4n) is 1.52. The van der Waals surface area contributed by atoms with Crippen molar-refractivity contribution in [3.05, 3.63) is 0 Å². The van der Waals surface area contributed by atoms with Crippen LogP contribution in [0.4, 0.5) is 0 Å². The monoisotopic (exact) mass is 208 g/mol. The largest absolute Gasteiger partial charge is 0.365 e. The van der Waals surface area contributed by atoms with Crippen LogP contribution < -0.4 is 0 Å². The van der Waals surface area contributed by atoms with E-state index < -0.39 is 23.4 Å².